The average molecular weight is 328 g/mol. The molecule has 2 nitrogen and oxygen atoms in total. The Kier molecular flexibility index (Phi) is 4.64. The molecule has 1 unspecified atom stereocenters. The summed E-state index contributed by atoms with van der Waals surface area (Å²) in [5.74, 6) is 0.751. The summed E-state index contributed by atoms with van der Waals surface area (Å²) in [7, 11) is -2.18. The zero-order chi connectivity index (χ0) is 16.4. The smallest absolute Gasteiger partial charge is 0.266 e. The number of unbranched alkanes of at least 4 members (excludes halogenated alkanes) is 2. The van der Waals surface area contributed by atoms with Crippen molar-refractivity contribution in [1.82, 2.24) is 0 Å². The molecular formula is C20H25O2P. The van der Waals surface area contributed by atoms with Gasteiger partial charge in [-0.25, -0.2) is 0 Å². The second-order valence-corrected chi connectivity index (χ2v) is 8.30. The van der Waals surface area contributed by atoms with Crippen LogP contribution >= 0.6 is 8.03 Å². The molecule has 0 saturated heterocycles. The van der Waals surface area contributed by atoms with Crippen LogP contribution in [0.1, 0.15) is 52.0 Å². The molecule has 0 aliphatic carbocycles. The first-order valence-corrected chi connectivity index (χ1v) is 9.80. The third kappa shape index (κ3) is 3.23. The molecule has 0 bridgehead atoms. The molecule has 0 amide bonds. The van der Waals surface area contributed by atoms with Crippen molar-refractivity contribution in [3.63, 3.8) is 0 Å². The van der Waals surface area contributed by atoms with Gasteiger partial charge in [0.05, 0.1) is 5.30 Å². The average Bonchev–Trinajstić information content (AvgIpc) is 2.55. The minimum absolute atomic E-state index is 0.141. The van der Waals surface area contributed by atoms with E-state index in [1.165, 1.54) is 31.2 Å². The zero-order valence-electron chi connectivity index (χ0n) is 14.2. The lowest BCUT2D eigenvalue weighted by Gasteiger charge is -2.28. The first-order chi connectivity index (χ1) is 11.0. The van der Waals surface area contributed by atoms with Crippen LogP contribution in [0.2, 0.25) is 0 Å². The van der Waals surface area contributed by atoms with Gasteiger partial charge in [-0.05, 0) is 41.2 Å². The molecule has 3 heteroatoms. The maximum Gasteiger partial charge on any atom is 0.266 e. The molecule has 3 rings (SSSR count). The largest absolute Gasteiger partial charge is 0.441 e. The second kappa shape index (κ2) is 6.53. The first-order valence-electron chi connectivity index (χ1n) is 8.49. The maximum atomic E-state index is 12.3. The quantitative estimate of drug-likeness (QED) is 0.519. The Morgan fingerprint density at radius 3 is 2.61 bits per heavy atom. The molecule has 2 aromatic carbocycles. The van der Waals surface area contributed by atoms with Gasteiger partial charge in [-0.3, -0.25) is 4.57 Å². The van der Waals surface area contributed by atoms with Gasteiger partial charge in [-0.15, -0.1) is 0 Å². The van der Waals surface area contributed by atoms with Gasteiger partial charge in [0.25, 0.3) is 8.03 Å². The van der Waals surface area contributed by atoms with E-state index < -0.39 is 8.03 Å². The lowest BCUT2D eigenvalue weighted by molar-refractivity contribution is 0.449. The van der Waals surface area contributed by atoms with Gasteiger partial charge in [-0.1, -0.05) is 64.3 Å². The van der Waals surface area contributed by atoms with Crippen molar-refractivity contribution >= 4 is 13.3 Å². The van der Waals surface area contributed by atoms with Crippen molar-refractivity contribution in [3.8, 4) is 16.9 Å². The van der Waals surface area contributed by atoms with Gasteiger partial charge in [0.2, 0.25) is 0 Å². The Hall–Kier alpha value is -1.53. The number of hydrogen-bond donors (Lipinski definition) is 0. The molecule has 1 aliphatic heterocycles. The number of rotatable bonds is 5. The van der Waals surface area contributed by atoms with Gasteiger partial charge in [-0.2, -0.15) is 0 Å². The summed E-state index contributed by atoms with van der Waals surface area (Å²) in [5.41, 5.74) is 3.60. The van der Waals surface area contributed by atoms with E-state index in [0.717, 1.165) is 22.2 Å². The van der Waals surface area contributed by atoms with Crippen LogP contribution in [-0.4, -0.2) is 0 Å². The standard InChI is InChI=1S/C20H25O2P/c1-4-5-8-13-20(2,3)15-11-12-18-17(14-15)16-9-6-7-10-19(16)23(21)22-18/h6-7,9-12,14,23H,4-5,8,13H2,1-3H3. The number of benzene rings is 2. The van der Waals surface area contributed by atoms with Crippen molar-refractivity contribution in [2.24, 2.45) is 0 Å². The Labute approximate surface area is 139 Å². The summed E-state index contributed by atoms with van der Waals surface area (Å²) in [6.07, 6.45) is 4.96. The van der Waals surface area contributed by atoms with Crippen LogP contribution in [0.15, 0.2) is 42.5 Å². The molecule has 0 fully saturated rings. The summed E-state index contributed by atoms with van der Waals surface area (Å²) in [6, 6.07) is 14.2. The molecule has 1 aliphatic rings. The fraction of sp³-hybridized carbons (Fsp3) is 0.400. The van der Waals surface area contributed by atoms with Crippen LogP contribution in [0, 0.1) is 0 Å². The fourth-order valence-corrected chi connectivity index (χ4v) is 4.42. The van der Waals surface area contributed by atoms with E-state index in [0.29, 0.717) is 0 Å². The zero-order valence-corrected chi connectivity index (χ0v) is 15.2. The van der Waals surface area contributed by atoms with E-state index in [9.17, 15) is 4.57 Å². The summed E-state index contributed by atoms with van der Waals surface area (Å²) >= 11 is 0. The Morgan fingerprint density at radius 1 is 1.04 bits per heavy atom. The highest BCUT2D eigenvalue weighted by molar-refractivity contribution is 7.49. The van der Waals surface area contributed by atoms with Crippen molar-refractivity contribution in [2.75, 3.05) is 0 Å². The van der Waals surface area contributed by atoms with Crippen LogP contribution in [0.5, 0.6) is 5.75 Å². The highest BCUT2D eigenvalue weighted by Gasteiger charge is 2.26. The molecule has 0 N–H and O–H groups in total. The third-order valence-electron chi connectivity index (χ3n) is 4.81. The molecule has 0 spiro atoms. The normalized spacial score (nSPS) is 16.4. The predicted molar refractivity (Wildman–Crippen MR) is 98.3 cm³/mol. The summed E-state index contributed by atoms with van der Waals surface area (Å²) < 4.78 is 17.9. The van der Waals surface area contributed by atoms with Gasteiger partial charge in [0.1, 0.15) is 5.75 Å². The predicted octanol–water partition coefficient (Wildman–Crippen LogP) is 5.70. The minimum Gasteiger partial charge on any atom is -0.441 e. The monoisotopic (exact) mass is 328 g/mol. The topological polar surface area (TPSA) is 26.3 Å². The third-order valence-corrected chi connectivity index (χ3v) is 6.09. The maximum absolute atomic E-state index is 12.3. The van der Waals surface area contributed by atoms with Crippen LogP contribution < -0.4 is 9.83 Å². The van der Waals surface area contributed by atoms with Crippen molar-refractivity contribution in [2.45, 2.75) is 51.9 Å². The molecule has 1 heterocycles. The molecule has 0 radical (unpaired) electrons. The van der Waals surface area contributed by atoms with Crippen LogP contribution in [0.4, 0.5) is 0 Å². The van der Waals surface area contributed by atoms with E-state index in [1.807, 2.05) is 30.3 Å². The second-order valence-electron chi connectivity index (χ2n) is 6.99. The van der Waals surface area contributed by atoms with Gasteiger partial charge < -0.3 is 4.52 Å². The minimum atomic E-state index is -2.18. The highest BCUT2D eigenvalue weighted by Crippen LogP contribution is 2.44. The Bertz CT molecular complexity index is 734. The summed E-state index contributed by atoms with van der Waals surface area (Å²) in [6.45, 7) is 6.86. The van der Waals surface area contributed by atoms with Crippen molar-refractivity contribution in [1.29, 1.82) is 0 Å². The van der Waals surface area contributed by atoms with Gasteiger partial charge in [0.15, 0.2) is 0 Å². The summed E-state index contributed by atoms with van der Waals surface area (Å²) in [4.78, 5) is 0. The Morgan fingerprint density at radius 2 is 1.83 bits per heavy atom. The lowest BCUT2D eigenvalue weighted by atomic mass is 9.79. The van der Waals surface area contributed by atoms with Crippen LogP contribution in [0.25, 0.3) is 11.1 Å². The lowest BCUT2D eigenvalue weighted by Crippen LogP contribution is -2.18. The van der Waals surface area contributed by atoms with Crippen molar-refractivity contribution in [3.05, 3.63) is 48.0 Å². The molecule has 122 valence electrons. The number of fused-ring (bicyclic) bond motifs is 3. The van der Waals surface area contributed by atoms with E-state index >= 15 is 0 Å². The molecule has 23 heavy (non-hydrogen) atoms. The summed E-state index contributed by atoms with van der Waals surface area (Å²) in [5, 5.41) is 0.839. The fourth-order valence-electron chi connectivity index (χ4n) is 3.26. The molecule has 1 atom stereocenters. The number of hydrogen-bond acceptors (Lipinski definition) is 2. The highest BCUT2D eigenvalue weighted by atomic mass is 31.1. The van der Waals surface area contributed by atoms with E-state index in [2.05, 4.69) is 32.9 Å². The van der Waals surface area contributed by atoms with Gasteiger partial charge in [0, 0.05) is 5.56 Å². The molecule has 2 aromatic rings. The van der Waals surface area contributed by atoms with E-state index in [-0.39, 0.29) is 5.41 Å². The van der Waals surface area contributed by atoms with Gasteiger partial charge >= 0.3 is 0 Å². The molecule has 0 aromatic heterocycles. The van der Waals surface area contributed by atoms with Crippen LogP contribution in [0.3, 0.4) is 0 Å². The van der Waals surface area contributed by atoms with E-state index in [4.69, 9.17) is 4.52 Å². The van der Waals surface area contributed by atoms with Crippen LogP contribution in [-0.2, 0) is 9.98 Å². The Balaban J connectivity index is 1.99. The molecular weight excluding hydrogens is 303 g/mol. The molecule has 0 saturated carbocycles. The van der Waals surface area contributed by atoms with E-state index in [1.54, 1.807) is 0 Å². The SMILES string of the molecule is CCCCCC(C)(C)c1ccc2c(c1)-c1ccccc1[PH](=O)O2. The first kappa shape index (κ1) is 16.3. The van der Waals surface area contributed by atoms with Crippen molar-refractivity contribution < 1.29 is 9.09 Å².